The molecule has 1 N–H and O–H groups in total. The molecule has 0 saturated heterocycles. The Morgan fingerprint density at radius 1 is 1.00 bits per heavy atom. The highest BCUT2D eigenvalue weighted by Gasteiger charge is 2.14. The lowest BCUT2D eigenvalue weighted by Crippen LogP contribution is -2.09. The molecule has 0 amide bonds. The van der Waals surface area contributed by atoms with Gasteiger partial charge in [-0.25, -0.2) is 0 Å². The van der Waals surface area contributed by atoms with Crippen LogP contribution >= 0.6 is 12.4 Å². The van der Waals surface area contributed by atoms with E-state index < -0.39 is 10.1 Å². The second-order valence-electron chi connectivity index (χ2n) is 4.00. The highest BCUT2D eigenvalue weighted by molar-refractivity contribution is 7.86. The maximum absolute atomic E-state index is 11.3. The molecule has 0 aliphatic heterocycles. The molecule has 18 heavy (non-hydrogen) atoms. The van der Waals surface area contributed by atoms with E-state index >= 15 is 0 Å². The first-order chi connectivity index (χ1) is 7.91. The SMILES string of the molecule is CN(C)c1cccc2c(S(=O)(=O)O)cccc12.Cl. The highest BCUT2D eigenvalue weighted by Crippen LogP contribution is 2.29. The van der Waals surface area contributed by atoms with E-state index in [1.807, 2.05) is 31.1 Å². The van der Waals surface area contributed by atoms with Crippen LogP contribution in [0.1, 0.15) is 0 Å². The van der Waals surface area contributed by atoms with Crippen molar-refractivity contribution in [1.82, 2.24) is 0 Å². The molecule has 0 aromatic heterocycles. The van der Waals surface area contributed by atoms with Crippen LogP contribution < -0.4 is 4.90 Å². The molecule has 0 aliphatic carbocycles. The Bertz CT molecular complexity index is 668. The Labute approximate surface area is 112 Å². The fourth-order valence-corrected chi connectivity index (χ4v) is 2.59. The molecule has 2 rings (SSSR count). The second-order valence-corrected chi connectivity index (χ2v) is 5.39. The maximum Gasteiger partial charge on any atom is 0.295 e. The van der Waals surface area contributed by atoms with E-state index in [1.165, 1.54) is 6.07 Å². The molecule has 0 unspecified atom stereocenters. The van der Waals surface area contributed by atoms with E-state index in [-0.39, 0.29) is 17.3 Å². The number of benzene rings is 2. The maximum atomic E-state index is 11.3. The van der Waals surface area contributed by atoms with Gasteiger partial charge in [0.05, 0.1) is 0 Å². The number of nitrogens with zero attached hydrogens (tertiary/aromatic N) is 1. The highest BCUT2D eigenvalue weighted by atomic mass is 35.5. The van der Waals surface area contributed by atoms with E-state index in [0.29, 0.717) is 5.39 Å². The van der Waals surface area contributed by atoms with E-state index in [0.717, 1.165) is 11.1 Å². The third kappa shape index (κ3) is 2.58. The van der Waals surface area contributed by atoms with Crippen LogP contribution in [0.15, 0.2) is 41.3 Å². The number of halogens is 1. The molecule has 6 heteroatoms. The molecule has 0 heterocycles. The summed E-state index contributed by atoms with van der Waals surface area (Å²) in [6.07, 6.45) is 0. The van der Waals surface area contributed by atoms with Crippen LogP contribution in [-0.2, 0) is 10.1 Å². The summed E-state index contributed by atoms with van der Waals surface area (Å²) < 4.78 is 31.7. The van der Waals surface area contributed by atoms with Crippen LogP contribution in [0, 0.1) is 0 Å². The van der Waals surface area contributed by atoms with Crippen LogP contribution in [0.4, 0.5) is 5.69 Å². The molecule has 98 valence electrons. The first-order valence-electron chi connectivity index (χ1n) is 5.08. The molecule has 4 nitrogen and oxygen atoms in total. The molecular weight excluding hydrogens is 274 g/mol. The van der Waals surface area contributed by atoms with Crippen LogP contribution in [0.25, 0.3) is 10.8 Å². The van der Waals surface area contributed by atoms with Crippen molar-refractivity contribution in [2.45, 2.75) is 4.90 Å². The zero-order chi connectivity index (χ0) is 12.6. The van der Waals surface area contributed by atoms with Crippen molar-refractivity contribution < 1.29 is 13.0 Å². The summed E-state index contributed by atoms with van der Waals surface area (Å²) >= 11 is 0. The van der Waals surface area contributed by atoms with Gasteiger partial charge < -0.3 is 4.90 Å². The van der Waals surface area contributed by atoms with Crippen LogP contribution in [0.3, 0.4) is 0 Å². The standard InChI is InChI=1S/C12H13NO3S.ClH/c1-13(2)11-7-3-6-10-9(11)5-4-8-12(10)17(14,15)16;/h3-8H,1-2H3,(H,14,15,16);1H. The molecule has 0 atom stereocenters. The summed E-state index contributed by atoms with van der Waals surface area (Å²) in [6.45, 7) is 0. The fourth-order valence-electron chi connectivity index (χ4n) is 1.88. The van der Waals surface area contributed by atoms with E-state index in [1.54, 1.807) is 18.2 Å². The normalized spacial score (nSPS) is 11.1. The molecule has 0 aliphatic rings. The van der Waals surface area contributed by atoms with Gasteiger partial charge in [-0.15, -0.1) is 12.4 Å². The summed E-state index contributed by atoms with van der Waals surface area (Å²) in [5.41, 5.74) is 0.910. The minimum Gasteiger partial charge on any atom is -0.377 e. The Kier molecular flexibility index (Phi) is 4.21. The fraction of sp³-hybridized carbons (Fsp3) is 0.167. The van der Waals surface area contributed by atoms with Crippen molar-refractivity contribution in [1.29, 1.82) is 0 Å². The van der Waals surface area contributed by atoms with Gasteiger partial charge in [0.15, 0.2) is 0 Å². The van der Waals surface area contributed by atoms with Crippen molar-refractivity contribution in [2.24, 2.45) is 0 Å². The van der Waals surface area contributed by atoms with E-state index in [2.05, 4.69) is 0 Å². The van der Waals surface area contributed by atoms with Crippen molar-refractivity contribution in [3.8, 4) is 0 Å². The molecule has 0 bridgehead atoms. The largest absolute Gasteiger partial charge is 0.377 e. The van der Waals surface area contributed by atoms with E-state index in [9.17, 15) is 13.0 Å². The third-order valence-corrected chi connectivity index (χ3v) is 3.53. The number of fused-ring (bicyclic) bond motifs is 1. The molecule has 2 aromatic rings. The summed E-state index contributed by atoms with van der Waals surface area (Å²) in [5, 5.41) is 1.33. The summed E-state index contributed by atoms with van der Waals surface area (Å²) in [7, 11) is -0.423. The molecule has 0 spiro atoms. The lowest BCUT2D eigenvalue weighted by atomic mass is 10.1. The lowest BCUT2D eigenvalue weighted by Gasteiger charge is -2.16. The molecule has 0 saturated carbocycles. The van der Waals surface area contributed by atoms with Crippen LogP contribution in [0.2, 0.25) is 0 Å². The van der Waals surface area contributed by atoms with Crippen molar-refractivity contribution >= 4 is 39.0 Å². The van der Waals surface area contributed by atoms with E-state index in [4.69, 9.17) is 0 Å². The van der Waals surface area contributed by atoms with Gasteiger partial charge in [0.2, 0.25) is 0 Å². The Morgan fingerprint density at radius 3 is 2.11 bits per heavy atom. The zero-order valence-corrected chi connectivity index (χ0v) is 11.6. The Morgan fingerprint density at radius 2 is 1.56 bits per heavy atom. The van der Waals surface area contributed by atoms with Gasteiger partial charge in [0, 0.05) is 30.6 Å². The van der Waals surface area contributed by atoms with Crippen LogP contribution in [0.5, 0.6) is 0 Å². The monoisotopic (exact) mass is 287 g/mol. The zero-order valence-electron chi connectivity index (χ0n) is 9.99. The topological polar surface area (TPSA) is 57.6 Å². The first-order valence-corrected chi connectivity index (χ1v) is 6.52. The summed E-state index contributed by atoms with van der Waals surface area (Å²) in [5.74, 6) is 0. The lowest BCUT2D eigenvalue weighted by molar-refractivity contribution is 0.484. The molecule has 0 fully saturated rings. The van der Waals surface area contributed by atoms with Gasteiger partial charge in [-0.3, -0.25) is 4.55 Å². The van der Waals surface area contributed by atoms with Crippen molar-refractivity contribution in [3.05, 3.63) is 36.4 Å². The second kappa shape index (κ2) is 5.14. The minimum absolute atomic E-state index is 0. The van der Waals surface area contributed by atoms with Gasteiger partial charge in [0.1, 0.15) is 4.90 Å². The predicted molar refractivity (Wildman–Crippen MR) is 75.3 cm³/mol. The number of hydrogen-bond donors (Lipinski definition) is 1. The predicted octanol–water partition coefficient (Wildman–Crippen LogP) is 2.57. The Hall–Kier alpha value is -1.30. The number of hydrogen-bond acceptors (Lipinski definition) is 3. The molecule has 2 aromatic carbocycles. The van der Waals surface area contributed by atoms with Gasteiger partial charge in [0.25, 0.3) is 10.1 Å². The minimum atomic E-state index is -4.19. The van der Waals surface area contributed by atoms with Crippen molar-refractivity contribution in [3.63, 3.8) is 0 Å². The van der Waals surface area contributed by atoms with Crippen LogP contribution in [-0.4, -0.2) is 27.1 Å². The van der Waals surface area contributed by atoms with Gasteiger partial charge in [-0.2, -0.15) is 8.42 Å². The Balaban J connectivity index is 0.00000162. The third-order valence-electron chi connectivity index (χ3n) is 2.62. The van der Waals surface area contributed by atoms with Gasteiger partial charge >= 0.3 is 0 Å². The van der Waals surface area contributed by atoms with Gasteiger partial charge in [-0.1, -0.05) is 24.3 Å². The number of anilines is 1. The van der Waals surface area contributed by atoms with Gasteiger partial charge in [-0.05, 0) is 12.1 Å². The summed E-state index contributed by atoms with van der Waals surface area (Å²) in [4.78, 5) is 1.84. The smallest absolute Gasteiger partial charge is 0.295 e. The number of rotatable bonds is 2. The van der Waals surface area contributed by atoms with Crippen molar-refractivity contribution in [2.75, 3.05) is 19.0 Å². The summed E-state index contributed by atoms with van der Waals surface area (Å²) in [6, 6.07) is 10.2. The average molecular weight is 288 g/mol. The molecular formula is C12H14ClNO3S. The average Bonchev–Trinajstić information content (AvgIpc) is 2.26. The molecule has 0 radical (unpaired) electrons. The first kappa shape index (κ1) is 14.8. The quantitative estimate of drug-likeness (QED) is 0.863.